The van der Waals surface area contributed by atoms with E-state index < -0.39 is 11.2 Å². The second-order valence-electron chi connectivity index (χ2n) is 6.33. The largest absolute Gasteiger partial charge is 0.342 e. The van der Waals surface area contributed by atoms with Crippen LogP contribution in [0.5, 0.6) is 0 Å². The molecular weight excluding hydrogens is 308 g/mol. The van der Waals surface area contributed by atoms with E-state index in [1.807, 2.05) is 12.1 Å². The highest BCUT2D eigenvalue weighted by Gasteiger charge is 2.15. The summed E-state index contributed by atoms with van der Waals surface area (Å²) in [5, 5.41) is 8.67. The number of nitrogens with one attached hydrogen (secondary N) is 3. The molecule has 0 saturated heterocycles. The van der Waals surface area contributed by atoms with Gasteiger partial charge in [-0.1, -0.05) is 13.0 Å². The standard InChI is InChI=1S/C17H20N4O3/c1-10-2-3-12-9-13(5-4-11(12)8-10)18-15(22)7-6-14-16(23)19-17(24)21-20-14/h4-5,9-10H,2-3,6-8H2,1H3,(H,18,22)(H2,19,21,23,24). The monoisotopic (exact) mass is 328 g/mol. The predicted octanol–water partition coefficient (Wildman–Crippen LogP) is 1.15. The summed E-state index contributed by atoms with van der Waals surface area (Å²) in [5.41, 5.74) is 2.35. The van der Waals surface area contributed by atoms with Crippen LogP contribution in [0.3, 0.4) is 0 Å². The Bertz CT molecular complexity index is 869. The molecule has 1 unspecified atom stereocenters. The van der Waals surface area contributed by atoms with Gasteiger partial charge in [-0.3, -0.25) is 14.6 Å². The number of rotatable bonds is 4. The van der Waals surface area contributed by atoms with Crippen LogP contribution >= 0.6 is 0 Å². The number of amides is 1. The van der Waals surface area contributed by atoms with Crippen LogP contribution in [-0.2, 0) is 24.1 Å². The van der Waals surface area contributed by atoms with Crippen LogP contribution < -0.4 is 16.6 Å². The molecule has 126 valence electrons. The molecule has 1 aliphatic rings. The molecule has 1 heterocycles. The summed E-state index contributed by atoms with van der Waals surface area (Å²) in [4.78, 5) is 36.6. The molecule has 3 rings (SSSR count). The number of H-pyrrole nitrogens is 2. The molecule has 0 aliphatic heterocycles. The molecule has 0 spiro atoms. The lowest BCUT2D eigenvalue weighted by Gasteiger charge is -2.22. The van der Waals surface area contributed by atoms with Crippen molar-refractivity contribution in [3.05, 3.63) is 55.9 Å². The van der Waals surface area contributed by atoms with Gasteiger partial charge in [-0.25, -0.2) is 9.89 Å². The van der Waals surface area contributed by atoms with E-state index in [1.165, 1.54) is 17.5 Å². The molecule has 7 nitrogen and oxygen atoms in total. The quantitative estimate of drug-likeness (QED) is 0.782. The smallest absolute Gasteiger partial charge is 0.326 e. The predicted molar refractivity (Wildman–Crippen MR) is 90.1 cm³/mol. The summed E-state index contributed by atoms with van der Waals surface area (Å²) >= 11 is 0. The fraction of sp³-hybridized carbons (Fsp3) is 0.412. The van der Waals surface area contributed by atoms with Crippen molar-refractivity contribution in [2.45, 2.75) is 39.0 Å². The number of nitrogens with zero attached hydrogens (tertiary/aromatic N) is 1. The van der Waals surface area contributed by atoms with Crippen molar-refractivity contribution in [1.29, 1.82) is 0 Å². The first-order valence-corrected chi connectivity index (χ1v) is 8.11. The van der Waals surface area contributed by atoms with Crippen LogP contribution in [0.2, 0.25) is 0 Å². The maximum Gasteiger partial charge on any atom is 0.342 e. The van der Waals surface area contributed by atoms with E-state index in [0.29, 0.717) is 5.92 Å². The third-order valence-corrected chi connectivity index (χ3v) is 4.34. The molecular formula is C17H20N4O3. The third-order valence-electron chi connectivity index (χ3n) is 4.34. The number of aromatic amines is 2. The molecule has 0 fully saturated rings. The maximum atomic E-state index is 12.1. The van der Waals surface area contributed by atoms with E-state index >= 15 is 0 Å². The van der Waals surface area contributed by atoms with Crippen molar-refractivity contribution in [3.8, 4) is 0 Å². The summed E-state index contributed by atoms with van der Waals surface area (Å²) < 4.78 is 0. The average molecular weight is 328 g/mol. The molecule has 2 aromatic rings. The van der Waals surface area contributed by atoms with Crippen LogP contribution in [0.25, 0.3) is 0 Å². The zero-order chi connectivity index (χ0) is 17.1. The molecule has 3 N–H and O–H groups in total. The number of aryl methyl sites for hydroxylation is 2. The van der Waals surface area contributed by atoms with Gasteiger partial charge in [-0.15, -0.1) is 0 Å². The van der Waals surface area contributed by atoms with E-state index in [0.717, 1.165) is 18.5 Å². The van der Waals surface area contributed by atoms with Crippen LogP contribution in [0, 0.1) is 5.92 Å². The minimum atomic E-state index is -0.656. The lowest BCUT2D eigenvalue weighted by molar-refractivity contribution is -0.116. The number of fused-ring (bicyclic) bond motifs is 1. The molecule has 0 radical (unpaired) electrons. The first-order chi connectivity index (χ1) is 11.5. The highest BCUT2D eigenvalue weighted by atomic mass is 16.2. The Hall–Kier alpha value is -2.70. The van der Waals surface area contributed by atoms with Crippen LogP contribution in [0.15, 0.2) is 27.8 Å². The maximum absolute atomic E-state index is 12.1. The zero-order valence-electron chi connectivity index (χ0n) is 13.5. The van der Waals surface area contributed by atoms with Gasteiger partial charge in [0, 0.05) is 18.5 Å². The second kappa shape index (κ2) is 6.82. The Morgan fingerprint density at radius 1 is 1.33 bits per heavy atom. The number of anilines is 1. The number of carbonyl (C=O) groups is 1. The summed E-state index contributed by atoms with van der Waals surface area (Å²) in [6.45, 7) is 2.26. The van der Waals surface area contributed by atoms with Crippen molar-refractivity contribution in [2.75, 3.05) is 5.32 Å². The highest BCUT2D eigenvalue weighted by molar-refractivity contribution is 5.90. The number of hydrogen-bond donors (Lipinski definition) is 3. The van der Waals surface area contributed by atoms with Gasteiger partial charge in [-0.05, 0) is 48.4 Å². The molecule has 1 aromatic heterocycles. The van der Waals surface area contributed by atoms with Crippen molar-refractivity contribution in [1.82, 2.24) is 15.2 Å². The Morgan fingerprint density at radius 3 is 2.96 bits per heavy atom. The van der Waals surface area contributed by atoms with E-state index in [-0.39, 0.29) is 24.4 Å². The first kappa shape index (κ1) is 16.2. The lowest BCUT2D eigenvalue weighted by atomic mass is 9.85. The van der Waals surface area contributed by atoms with Crippen LogP contribution in [0.4, 0.5) is 5.69 Å². The van der Waals surface area contributed by atoms with E-state index in [2.05, 4.69) is 33.5 Å². The summed E-state index contributed by atoms with van der Waals surface area (Å²) in [5.74, 6) is 0.521. The Labute approximate surface area is 138 Å². The van der Waals surface area contributed by atoms with Gasteiger partial charge in [0.05, 0.1) is 0 Å². The van der Waals surface area contributed by atoms with E-state index in [1.54, 1.807) is 0 Å². The van der Waals surface area contributed by atoms with Gasteiger partial charge in [-0.2, -0.15) is 5.10 Å². The van der Waals surface area contributed by atoms with Gasteiger partial charge >= 0.3 is 5.69 Å². The second-order valence-corrected chi connectivity index (χ2v) is 6.33. The van der Waals surface area contributed by atoms with Gasteiger partial charge in [0.1, 0.15) is 5.69 Å². The molecule has 1 aromatic carbocycles. The number of aromatic nitrogens is 3. The lowest BCUT2D eigenvalue weighted by Crippen LogP contribution is -2.28. The highest BCUT2D eigenvalue weighted by Crippen LogP contribution is 2.27. The molecule has 7 heteroatoms. The first-order valence-electron chi connectivity index (χ1n) is 8.11. The van der Waals surface area contributed by atoms with E-state index in [4.69, 9.17) is 0 Å². The van der Waals surface area contributed by atoms with Crippen molar-refractivity contribution in [2.24, 2.45) is 5.92 Å². The molecule has 0 saturated carbocycles. The van der Waals surface area contributed by atoms with Crippen molar-refractivity contribution in [3.63, 3.8) is 0 Å². The van der Waals surface area contributed by atoms with Crippen molar-refractivity contribution < 1.29 is 4.79 Å². The average Bonchev–Trinajstić information content (AvgIpc) is 2.54. The molecule has 0 bridgehead atoms. The molecule has 24 heavy (non-hydrogen) atoms. The van der Waals surface area contributed by atoms with Gasteiger partial charge < -0.3 is 5.32 Å². The van der Waals surface area contributed by atoms with Crippen LogP contribution in [-0.4, -0.2) is 21.1 Å². The van der Waals surface area contributed by atoms with Crippen LogP contribution in [0.1, 0.15) is 36.6 Å². The normalized spacial score (nSPS) is 16.5. The van der Waals surface area contributed by atoms with Crippen molar-refractivity contribution >= 4 is 11.6 Å². The molecule has 1 amide bonds. The summed E-state index contributed by atoms with van der Waals surface area (Å²) in [7, 11) is 0. The van der Waals surface area contributed by atoms with Gasteiger partial charge in [0.25, 0.3) is 5.56 Å². The summed E-state index contributed by atoms with van der Waals surface area (Å²) in [6.07, 6.45) is 3.59. The zero-order valence-corrected chi connectivity index (χ0v) is 13.5. The van der Waals surface area contributed by atoms with Gasteiger partial charge in [0.2, 0.25) is 5.91 Å². The fourth-order valence-corrected chi connectivity index (χ4v) is 3.01. The fourth-order valence-electron chi connectivity index (χ4n) is 3.01. The third kappa shape index (κ3) is 3.79. The SMILES string of the molecule is CC1CCc2cc(NC(=O)CCc3n[nH]c(=O)[nH]c3=O)ccc2C1. The minimum Gasteiger partial charge on any atom is -0.326 e. The Morgan fingerprint density at radius 2 is 2.17 bits per heavy atom. The topological polar surface area (TPSA) is 108 Å². The Kier molecular flexibility index (Phi) is 4.59. The van der Waals surface area contributed by atoms with Gasteiger partial charge in [0.15, 0.2) is 0 Å². The minimum absolute atomic E-state index is 0.121. The Balaban J connectivity index is 1.61. The molecule has 1 atom stereocenters. The number of benzene rings is 1. The number of carbonyl (C=O) groups excluding carboxylic acids is 1. The van der Waals surface area contributed by atoms with E-state index in [9.17, 15) is 14.4 Å². The summed E-state index contributed by atoms with van der Waals surface area (Å²) in [6, 6.07) is 6.03. The molecule has 1 aliphatic carbocycles. The number of hydrogen-bond acceptors (Lipinski definition) is 4.